The van der Waals surface area contributed by atoms with Gasteiger partial charge in [-0.2, -0.15) is 5.26 Å². The van der Waals surface area contributed by atoms with E-state index >= 15 is 0 Å². The minimum atomic E-state index is -1.31. The lowest BCUT2D eigenvalue weighted by atomic mass is 10.1. The zero-order chi connectivity index (χ0) is 19.8. The molecule has 0 bridgehead atoms. The normalized spacial score (nSPS) is 10.8. The third-order valence-corrected chi connectivity index (χ3v) is 4.03. The summed E-state index contributed by atoms with van der Waals surface area (Å²) >= 11 is 5.98. The van der Waals surface area contributed by atoms with Crippen LogP contribution in [0.4, 0.5) is 0 Å². The molecule has 0 saturated carbocycles. The zero-order valence-electron chi connectivity index (χ0n) is 14.9. The highest BCUT2D eigenvalue weighted by Gasteiger charge is 2.13. The van der Waals surface area contributed by atoms with E-state index in [0.717, 1.165) is 5.56 Å². The molecule has 2 rings (SSSR count). The maximum atomic E-state index is 11.1. The van der Waals surface area contributed by atoms with Crippen molar-refractivity contribution < 1.29 is 24.1 Å². The third kappa shape index (κ3) is 5.40. The number of methoxy groups -OCH3 is 1. The minimum absolute atomic E-state index is 0.192. The largest absolute Gasteiger partial charge is 0.493 e. The molecule has 0 aromatic heterocycles. The molecule has 0 aliphatic carbocycles. The fraction of sp³-hybridized carbons (Fsp3) is 0.200. The monoisotopic (exact) mass is 387 g/mol. The van der Waals surface area contributed by atoms with Gasteiger partial charge in [-0.3, -0.25) is 0 Å². The molecule has 140 valence electrons. The van der Waals surface area contributed by atoms with E-state index in [-0.39, 0.29) is 13.2 Å². The smallest absolute Gasteiger partial charge is 0.346 e. The third-order valence-electron chi connectivity index (χ3n) is 3.61. The van der Waals surface area contributed by atoms with Crippen molar-refractivity contribution in [3.05, 3.63) is 58.1 Å². The van der Waals surface area contributed by atoms with E-state index in [4.69, 9.17) is 36.2 Å². The number of nitriles is 1. The molecule has 0 atom stereocenters. The summed E-state index contributed by atoms with van der Waals surface area (Å²) in [5, 5.41) is 18.7. The Labute approximate surface area is 162 Å². The van der Waals surface area contributed by atoms with Crippen molar-refractivity contribution in [2.24, 2.45) is 0 Å². The maximum absolute atomic E-state index is 11.1. The Morgan fingerprint density at radius 3 is 2.63 bits per heavy atom. The molecule has 2 aromatic rings. The molecule has 0 fully saturated rings. The standard InChI is InChI=1S/C20H18ClNO5/c1-13-10-16(6-7-17(13)21)26-8-9-27-19-14(4-3-5-18(19)25-2)11-15(12-22)20(23)24/h3-7,10-11H,8-9H2,1-2H3,(H,23,24). The number of carboxylic acid groups (broad SMARTS) is 1. The van der Waals surface area contributed by atoms with Gasteiger partial charge in [0.05, 0.1) is 7.11 Å². The van der Waals surface area contributed by atoms with Gasteiger partial charge < -0.3 is 19.3 Å². The van der Waals surface area contributed by atoms with Gasteiger partial charge >= 0.3 is 5.97 Å². The Balaban J connectivity index is 2.11. The summed E-state index contributed by atoms with van der Waals surface area (Å²) in [5.74, 6) is 0.115. The number of hydrogen-bond acceptors (Lipinski definition) is 5. The highest BCUT2D eigenvalue weighted by molar-refractivity contribution is 6.31. The second kappa shape index (κ2) is 9.51. The number of rotatable bonds is 8. The molecule has 7 heteroatoms. The zero-order valence-corrected chi connectivity index (χ0v) is 15.6. The van der Waals surface area contributed by atoms with Gasteiger partial charge in [-0.15, -0.1) is 0 Å². The molecule has 6 nitrogen and oxygen atoms in total. The van der Waals surface area contributed by atoms with Crippen LogP contribution in [0.15, 0.2) is 42.0 Å². The van der Waals surface area contributed by atoms with E-state index in [2.05, 4.69) is 0 Å². The average Bonchev–Trinajstić information content (AvgIpc) is 2.66. The first-order valence-electron chi connectivity index (χ1n) is 8.00. The van der Waals surface area contributed by atoms with Gasteiger partial charge in [-0.25, -0.2) is 4.79 Å². The Morgan fingerprint density at radius 2 is 2.00 bits per heavy atom. The van der Waals surface area contributed by atoms with Crippen LogP contribution in [0, 0.1) is 18.3 Å². The summed E-state index contributed by atoms with van der Waals surface area (Å²) in [6.45, 7) is 2.33. The van der Waals surface area contributed by atoms with Crippen molar-refractivity contribution in [1.29, 1.82) is 5.26 Å². The van der Waals surface area contributed by atoms with Crippen LogP contribution in [0.2, 0.25) is 5.02 Å². The highest BCUT2D eigenvalue weighted by Crippen LogP contribution is 2.32. The number of halogens is 1. The molecular weight excluding hydrogens is 370 g/mol. The first kappa shape index (κ1) is 20.1. The predicted octanol–water partition coefficient (Wildman–Crippen LogP) is 4.11. The van der Waals surface area contributed by atoms with Gasteiger partial charge in [-0.05, 0) is 42.8 Å². The van der Waals surface area contributed by atoms with Crippen molar-refractivity contribution >= 4 is 23.6 Å². The van der Waals surface area contributed by atoms with Crippen LogP contribution < -0.4 is 14.2 Å². The lowest BCUT2D eigenvalue weighted by Gasteiger charge is -2.14. The van der Waals surface area contributed by atoms with Gasteiger partial charge in [0.25, 0.3) is 0 Å². The number of carboxylic acids is 1. The van der Waals surface area contributed by atoms with E-state index in [1.807, 2.05) is 13.0 Å². The second-order valence-electron chi connectivity index (χ2n) is 5.46. The van der Waals surface area contributed by atoms with Crippen molar-refractivity contribution in [1.82, 2.24) is 0 Å². The van der Waals surface area contributed by atoms with Crippen LogP contribution in [0.25, 0.3) is 6.08 Å². The summed E-state index contributed by atoms with van der Waals surface area (Å²) in [5.41, 5.74) is 0.932. The van der Waals surface area contributed by atoms with Gasteiger partial charge in [0, 0.05) is 10.6 Å². The fourth-order valence-corrected chi connectivity index (χ4v) is 2.39. The van der Waals surface area contributed by atoms with Crippen LogP contribution in [0.3, 0.4) is 0 Å². The number of aliphatic carboxylic acids is 1. The summed E-state index contributed by atoms with van der Waals surface area (Å²) in [6, 6.07) is 12.0. The number of carbonyl (C=O) groups is 1. The molecule has 0 spiro atoms. The fourth-order valence-electron chi connectivity index (χ4n) is 2.27. The number of para-hydroxylation sites is 1. The Bertz CT molecular complexity index is 902. The average molecular weight is 388 g/mol. The topological polar surface area (TPSA) is 88.8 Å². The lowest BCUT2D eigenvalue weighted by molar-refractivity contribution is -0.132. The molecule has 2 aromatic carbocycles. The molecule has 0 radical (unpaired) electrons. The van der Waals surface area contributed by atoms with Crippen molar-refractivity contribution in [3.63, 3.8) is 0 Å². The van der Waals surface area contributed by atoms with E-state index in [1.54, 1.807) is 36.4 Å². The molecule has 0 saturated heterocycles. The summed E-state index contributed by atoms with van der Waals surface area (Å²) < 4.78 is 16.6. The molecule has 0 unspecified atom stereocenters. The number of benzene rings is 2. The van der Waals surface area contributed by atoms with Gasteiger partial charge in [0.15, 0.2) is 11.5 Å². The second-order valence-corrected chi connectivity index (χ2v) is 5.87. The van der Waals surface area contributed by atoms with Gasteiger partial charge in [0.2, 0.25) is 0 Å². The number of ether oxygens (including phenoxy) is 3. The summed E-state index contributed by atoms with van der Waals surface area (Å²) in [7, 11) is 1.48. The Hall–Kier alpha value is -3.17. The van der Waals surface area contributed by atoms with Gasteiger partial charge in [-0.1, -0.05) is 23.7 Å². The van der Waals surface area contributed by atoms with Crippen LogP contribution in [-0.4, -0.2) is 31.4 Å². The summed E-state index contributed by atoms with van der Waals surface area (Å²) in [6.07, 6.45) is 1.24. The molecule has 27 heavy (non-hydrogen) atoms. The van der Waals surface area contributed by atoms with Crippen LogP contribution in [-0.2, 0) is 4.79 Å². The van der Waals surface area contributed by atoms with E-state index in [9.17, 15) is 4.79 Å². The molecule has 1 N–H and O–H groups in total. The SMILES string of the molecule is COc1cccc(C=C(C#N)C(=O)O)c1OCCOc1ccc(Cl)c(C)c1. The maximum Gasteiger partial charge on any atom is 0.346 e. The van der Waals surface area contributed by atoms with E-state index in [1.165, 1.54) is 13.2 Å². The van der Waals surface area contributed by atoms with Gasteiger partial charge in [0.1, 0.15) is 30.6 Å². The minimum Gasteiger partial charge on any atom is -0.493 e. The van der Waals surface area contributed by atoms with Crippen molar-refractivity contribution in [3.8, 4) is 23.3 Å². The Morgan fingerprint density at radius 1 is 1.26 bits per heavy atom. The predicted molar refractivity (Wildman–Crippen MR) is 101 cm³/mol. The molecule has 0 aliphatic heterocycles. The first-order chi connectivity index (χ1) is 13.0. The van der Waals surface area contributed by atoms with E-state index in [0.29, 0.717) is 27.8 Å². The Kier molecular flexibility index (Phi) is 7.09. The van der Waals surface area contributed by atoms with Crippen LogP contribution >= 0.6 is 11.6 Å². The number of aryl methyl sites for hydroxylation is 1. The van der Waals surface area contributed by atoms with Crippen LogP contribution in [0.1, 0.15) is 11.1 Å². The number of nitrogens with zero attached hydrogens (tertiary/aromatic N) is 1. The summed E-state index contributed by atoms with van der Waals surface area (Å²) in [4.78, 5) is 11.1. The van der Waals surface area contributed by atoms with Crippen molar-refractivity contribution in [2.45, 2.75) is 6.92 Å². The first-order valence-corrected chi connectivity index (χ1v) is 8.38. The molecule has 0 amide bonds. The molecule has 0 heterocycles. The van der Waals surface area contributed by atoms with Crippen LogP contribution in [0.5, 0.6) is 17.2 Å². The number of hydrogen-bond donors (Lipinski definition) is 1. The lowest BCUT2D eigenvalue weighted by Crippen LogP contribution is -2.10. The van der Waals surface area contributed by atoms with E-state index < -0.39 is 11.5 Å². The molecule has 0 aliphatic rings. The molecular formula is C20H18ClNO5. The highest BCUT2D eigenvalue weighted by atomic mass is 35.5. The van der Waals surface area contributed by atoms with Crippen molar-refractivity contribution in [2.75, 3.05) is 20.3 Å². The quantitative estimate of drug-likeness (QED) is 0.416.